The lowest BCUT2D eigenvalue weighted by atomic mass is 9.91. The minimum atomic E-state index is -1.33. The molecule has 1 aromatic heterocycles. The number of carbonyl (C=O) groups is 1. The Kier molecular flexibility index (Phi) is 3.19. The van der Waals surface area contributed by atoms with Crippen molar-refractivity contribution >= 4 is 12.0 Å². The third-order valence-electron chi connectivity index (χ3n) is 3.40. The lowest BCUT2D eigenvalue weighted by Gasteiger charge is -2.18. The molecule has 21 heavy (non-hydrogen) atoms. The van der Waals surface area contributed by atoms with Crippen molar-refractivity contribution in [2.45, 2.75) is 12.5 Å². The van der Waals surface area contributed by atoms with Gasteiger partial charge < -0.3 is 14.6 Å². The number of aliphatic hydroxyl groups excluding tert-OH is 1. The van der Waals surface area contributed by atoms with Gasteiger partial charge in [0.05, 0.1) is 6.10 Å². The summed E-state index contributed by atoms with van der Waals surface area (Å²) in [5.74, 6) is -1.02. The SMILES string of the molecule is O=C(O)c1c(-c2ccccc2)c2c(oc1=O)CC(O)C=C2. The molecule has 0 radical (unpaired) electrons. The second kappa shape index (κ2) is 5.03. The molecule has 0 saturated heterocycles. The van der Waals surface area contributed by atoms with Crippen LogP contribution < -0.4 is 5.63 Å². The number of fused-ring (bicyclic) bond motifs is 1. The van der Waals surface area contributed by atoms with Gasteiger partial charge in [0.1, 0.15) is 5.76 Å². The Morgan fingerprint density at radius 3 is 2.62 bits per heavy atom. The molecule has 1 aliphatic carbocycles. The Balaban J connectivity index is 2.38. The van der Waals surface area contributed by atoms with E-state index in [2.05, 4.69) is 0 Å². The molecular formula is C16H12O5. The first kappa shape index (κ1) is 13.3. The molecule has 0 aliphatic heterocycles. The molecule has 1 aromatic carbocycles. The summed E-state index contributed by atoms with van der Waals surface area (Å²) in [5.41, 5.74) is 0.199. The zero-order valence-electron chi connectivity index (χ0n) is 10.9. The van der Waals surface area contributed by atoms with Crippen molar-refractivity contribution < 1.29 is 19.4 Å². The molecule has 106 valence electrons. The van der Waals surface area contributed by atoms with Crippen molar-refractivity contribution in [2.24, 2.45) is 0 Å². The second-order valence-corrected chi connectivity index (χ2v) is 4.78. The van der Waals surface area contributed by atoms with Crippen molar-refractivity contribution in [1.82, 2.24) is 0 Å². The van der Waals surface area contributed by atoms with Crippen molar-refractivity contribution in [3.63, 3.8) is 0 Å². The van der Waals surface area contributed by atoms with Gasteiger partial charge in [-0.25, -0.2) is 9.59 Å². The number of benzene rings is 1. The van der Waals surface area contributed by atoms with Gasteiger partial charge in [0.25, 0.3) is 0 Å². The lowest BCUT2D eigenvalue weighted by Crippen LogP contribution is -2.21. The van der Waals surface area contributed by atoms with E-state index in [1.807, 2.05) is 0 Å². The number of hydrogen-bond donors (Lipinski definition) is 2. The van der Waals surface area contributed by atoms with Crippen LogP contribution in [0.2, 0.25) is 0 Å². The summed E-state index contributed by atoms with van der Waals surface area (Å²) in [6.07, 6.45) is 2.57. The lowest BCUT2D eigenvalue weighted by molar-refractivity contribution is 0.0692. The molecule has 3 rings (SSSR count). The van der Waals surface area contributed by atoms with E-state index in [0.29, 0.717) is 22.5 Å². The predicted molar refractivity (Wildman–Crippen MR) is 76.1 cm³/mol. The quantitative estimate of drug-likeness (QED) is 0.879. The van der Waals surface area contributed by atoms with E-state index in [-0.39, 0.29) is 12.0 Å². The molecule has 2 aromatic rings. The Labute approximate surface area is 119 Å². The molecule has 5 heteroatoms. The summed E-state index contributed by atoms with van der Waals surface area (Å²) in [7, 11) is 0. The normalized spacial score (nSPS) is 16.5. The van der Waals surface area contributed by atoms with Gasteiger partial charge in [0.2, 0.25) is 0 Å². The maximum Gasteiger partial charge on any atom is 0.351 e. The molecule has 5 nitrogen and oxygen atoms in total. The van der Waals surface area contributed by atoms with Crippen molar-refractivity contribution in [2.75, 3.05) is 0 Å². The fourth-order valence-corrected chi connectivity index (χ4v) is 2.49. The van der Waals surface area contributed by atoms with Gasteiger partial charge in [-0.2, -0.15) is 0 Å². The van der Waals surface area contributed by atoms with Crippen molar-refractivity contribution in [3.05, 3.63) is 63.7 Å². The summed E-state index contributed by atoms with van der Waals surface area (Å²) in [4.78, 5) is 23.4. The highest BCUT2D eigenvalue weighted by Gasteiger charge is 2.26. The van der Waals surface area contributed by atoms with Gasteiger partial charge in [-0.1, -0.05) is 42.5 Å². The topological polar surface area (TPSA) is 87.7 Å². The minimum absolute atomic E-state index is 0.154. The number of aliphatic hydroxyl groups is 1. The van der Waals surface area contributed by atoms with Crippen LogP contribution in [0.15, 0.2) is 45.6 Å². The Morgan fingerprint density at radius 1 is 1.24 bits per heavy atom. The van der Waals surface area contributed by atoms with Crippen LogP contribution >= 0.6 is 0 Å². The maximum absolute atomic E-state index is 12.0. The molecule has 1 atom stereocenters. The number of hydrogen-bond acceptors (Lipinski definition) is 4. The van der Waals surface area contributed by atoms with Crippen LogP contribution in [-0.4, -0.2) is 22.3 Å². The van der Waals surface area contributed by atoms with E-state index in [1.165, 1.54) is 0 Å². The molecule has 0 amide bonds. The van der Waals surface area contributed by atoms with E-state index >= 15 is 0 Å². The highest BCUT2D eigenvalue weighted by molar-refractivity contribution is 5.98. The number of carboxylic acids is 1. The largest absolute Gasteiger partial charge is 0.477 e. The highest BCUT2D eigenvalue weighted by atomic mass is 16.4. The van der Waals surface area contributed by atoms with Crippen LogP contribution in [0.3, 0.4) is 0 Å². The molecule has 2 N–H and O–H groups in total. The first-order valence-corrected chi connectivity index (χ1v) is 6.43. The third-order valence-corrected chi connectivity index (χ3v) is 3.40. The molecule has 1 aliphatic rings. The molecular weight excluding hydrogens is 272 g/mol. The summed E-state index contributed by atoms with van der Waals surface area (Å²) in [6.45, 7) is 0. The van der Waals surface area contributed by atoms with Crippen LogP contribution in [0.25, 0.3) is 17.2 Å². The van der Waals surface area contributed by atoms with Crippen molar-refractivity contribution in [1.29, 1.82) is 0 Å². The average Bonchev–Trinajstić information content (AvgIpc) is 2.46. The zero-order valence-corrected chi connectivity index (χ0v) is 10.9. The van der Waals surface area contributed by atoms with E-state index in [1.54, 1.807) is 42.5 Å². The Hall–Kier alpha value is -2.66. The monoisotopic (exact) mass is 284 g/mol. The van der Waals surface area contributed by atoms with E-state index in [9.17, 15) is 19.8 Å². The number of rotatable bonds is 2. The van der Waals surface area contributed by atoms with Crippen LogP contribution in [-0.2, 0) is 6.42 Å². The first-order valence-electron chi connectivity index (χ1n) is 6.43. The fourth-order valence-electron chi connectivity index (χ4n) is 2.49. The molecule has 0 spiro atoms. The molecule has 1 unspecified atom stereocenters. The molecule has 0 bridgehead atoms. The first-order chi connectivity index (χ1) is 10.1. The Bertz CT molecular complexity index is 786. The minimum Gasteiger partial charge on any atom is -0.477 e. The standard InChI is InChI=1S/C16H12O5/c17-10-6-7-11-12(8-10)21-16(20)14(15(18)19)13(11)9-4-2-1-3-5-9/h1-7,10,17H,8H2,(H,18,19). The van der Waals surface area contributed by atoms with Crippen LogP contribution in [0, 0.1) is 0 Å². The van der Waals surface area contributed by atoms with Crippen LogP contribution in [0.1, 0.15) is 21.7 Å². The van der Waals surface area contributed by atoms with Crippen molar-refractivity contribution in [3.8, 4) is 11.1 Å². The van der Waals surface area contributed by atoms with Gasteiger partial charge in [-0.3, -0.25) is 0 Å². The van der Waals surface area contributed by atoms with E-state index in [4.69, 9.17) is 4.42 Å². The maximum atomic E-state index is 12.0. The van der Waals surface area contributed by atoms with Gasteiger partial charge >= 0.3 is 11.6 Å². The van der Waals surface area contributed by atoms with Gasteiger partial charge in [0, 0.05) is 17.5 Å². The highest BCUT2D eigenvalue weighted by Crippen LogP contribution is 2.32. The number of carboxylic acid groups (broad SMARTS) is 1. The summed E-state index contributed by atoms with van der Waals surface area (Å²) >= 11 is 0. The fraction of sp³-hybridized carbons (Fsp3) is 0.125. The average molecular weight is 284 g/mol. The zero-order chi connectivity index (χ0) is 15.0. The molecule has 1 heterocycles. The molecule has 0 fully saturated rings. The predicted octanol–water partition coefficient (Wildman–Crippen LogP) is 1.94. The van der Waals surface area contributed by atoms with Gasteiger partial charge in [0.15, 0.2) is 5.56 Å². The van der Waals surface area contributed by atoms with Gasteiger partial charge in [-0.15, -0.1) is 0 Å². The second-order valence-electron chi connectivity index (χ2n) is 4.78. The van der Waals surface area contributed by atoms with Crippen LogP contribution in [0.5, 0.6) is 0 Å². The number of aromatic carboxylic acids is 1. The summed E-state index contributed by atoms with van der Waals surface area (Å²) in [5, 5.41) is 18.9. The summed E-state index contributed by atoms with van der Waals surface area (Å²) < 4.78 is 5.08. The Morgan fingerprint density at radius 2 is 1.95 bits per heavy atom. The van der Waals surface area contributed by atoms with E-state index in [0.717, 1.165) is 0 Å². The van der Waals surface area contributed by atoms with Gasteiger partial charge in [-0.05, 0) is 5.56 Å². The van der Waals surface area contributed by atoms with Crippen LogP contribution in [0.4, 0.5) is 0 Å². The smallest absolute Gasteiger partial charge is 0.351 e. The van der Waals surface area contributed by atoms with E-state index < -0.39 is 17.7 Å². The summed E-state index contributed by atoms with van der Waals surface area (Å²) in [6, 6.07) is 8.81. The third kappa shape index (κ3) is 2.28. The molecule has 0 saturated carbocycles.